The Morgan fingerprint density at radius 2 is 2.25 bits per heavy atom. The molecule has 0 aromatic carbocycles. The van der Waals surface area contributed by atoms with E-state index in [-0.39, 0.29) is 5.78 Å². The Morgan fingerprint density at radius 1 is 1.50 bits per heavy atom. The molecule has 3 heteroatoms. The van der Waals surface area contributed by atoms with E-state index in [9.17, 15) is 4.79 Å². The number of carbonyl (C=O) groups excluding carboxylic acids is 1. The predicted molar refractivity (Wildman–Crippen MR) is 63.8 cm³/mol. The highest BCUT2D eigenvalue weighted by Gasteiger charge is 2.12. The summed E-state index contributed by atoms with van der Waals surface area (Å²) in [5, 5.41) is 0. The van der Waals surface area contributed by atoms with E-state index in [4.69, 9.17) is 4.74 Å². The highest BCUT2D eigenvalue weighted by atomic mass is 16.5. The third kappa shape index (κ3) is 3.65. The van der Waals surface area contributed by atoms with Crippen molar-refractivity contribution in [3.05, 3.63) is 23.9 Å². The van der Waals surface area contributed by atoms with E-state index in [1.165, 1.54) is 7.11 Å². The Balaban J connectivity index is 2.59. The van der Waals surface area contributed by atoms with Crippen LogP contribution in [0.3, 0.4) is 0 Å². The van der Waals surface area contributed by atoms with Crippen molar-refractivity contribution in [1.29, 1.82) is 0 Å². The zero-order chi connectivity index (χ0) is 12.0. The number of hydrogen-bond donors (Lipinski definition) is 0. The van der Waals surface area contributed by atoms with Crippen molar-refractivity contribution in [1.82, 2.24) is 4.98 Å². The number of rotatable bonds is 6. The molecule has 0 atom stereocenters. The van der Waals surface area contributed by atoms with Gasteiger partial charge in [-0.25, -0.2) is 4.98 Å². The Labute approximate surface area is 96.8 Å². The molecule has 0 spiro atoms. The second-order valence-electron chi connectivity index (χ2n) is 4.27. The average molecular weight is 221 g/mol. The van der Waals surface area contributed by atoms with Crippen molar-refractivity contribution in [2.75, 3.05) is 7.11 Å². The maximum Gasteiger partial charge on any atom is 0.224 e. The van der Waals surface area contributed by atoms with Gasteiger partial charge in [-0.2, -0.15) is 0 Å². The summed E-state index contributed by atoms with van der Waals surface area (Å²) in [5.41, 5.74) is 0.591. The van der Waals surface area contributed by atoms with Gasteiger partial charge in [0.15, 0.2) is 5.78 Å². The fraction of sp³-hybridized carbons (Fsp3) is 0.538. The molecule has 1 heterocycles. The second kappa shape index (κ2) is 6.26. The Kier molecular flexibility index (Phi) is 4.96. The molecule has 0 amide bonds. The summed E-state index contributed by atoms with van der Waals surface area (Å²) >= 11 is 0. The Bertz CT molecular complexity index is 348. The summed E-state index contributed by atoms with van der Waals surface area (Å²) < 4.78 is 5.06. The average Bonchev–Trinajstić information content (AvgIpc) is 2.28. The first-order valence-electron chi connectivity index (χ1n) is 5.67. The van der Waals surface area contributed by atoms with E-state index in [1.807, 2.05) is 0 Å². The van der Waals surface area contributed by atoms with Gasteiger partial charge in [-0.15, -0.1) is 0 Å². The number of aromatic nitrogens is 1. The van der Waals surface area contributed by atoms with E-state index >= 15 is 0 Å². The molecule has 0 fully saturated rings. The van der Waals surface area contributed by atoms with Gasteiger partial charge in [-0.1, -0.05) is 20.3 Å². The highest BCUT2D eigenvalue weighted by Crippen LogP contribution is 2.17. The number of pyridine rings is 1. The number of ketones is 1. The summed E-state index contributed by atoms with van der Waals surface area (Å²) in [6.45, 7) is 4.32. The van der Waals surface area contributed by atoms with Gasteiger partial charge in [0.25, 0.3) is 0 Å². The third-order valence-electron chi connectivity index (χ3n) is 2.45. The minimum absolute atomic E-state index is 0.116. The quantitative estimate of drug-likeness (QED) is 0.693. The van der Waals surface area contributed by atoms with Gasteiger partial charge in [-0.3, -0.25) is 4.79 Å². The zero-order valence-electron chi connectivity index (χ0n) is 10.2. The first kappa shape index (κ1) is 12.7. The van der Waals surface area contributed by atoms with Gasteiger partial charge in [-0.05, 0) is 24.5 Å². The molecule has 3 nitrogen and oxygen atoms in total. The topological polar surface area (TPSA) is 39.2 Å². The largest absolute Gasteiger partial charge is 0.480 e. The van der Waals surface area contributed by atoms with E-state index < -0.39 is 0 Å². The standard InChI is InChI=1S/C13H19NO2/c1-10(2)6-4-8-12(15)11-7-5-9-14-13(11)16-3/h5,7,9-10H,4,6,8H2,1-3H3. The van der Waals surface area contributed by atoms with Gasteiger partial charge < -0.3 is 4.74 Å². The van der Waals surface area contributed by atoms with Crippen LogP contribution in [-0.2, 0) is 0 Å². The highest BCUT2D eigenvalue weighted by molar-refractivity contribution is 5.98. The van der Waals surface area contributed by atoms with Crippen molar-refractivity contribution in [2.45, 2.75) is 33.1 Å². The molecule has 0 aliphatic carbocycles. The van der Waals surface area contributed by atoms with E-state index in [0.29, 0.717) is 23.8 Å². The van der Waals surface area contributed by atoms with E-state index in [2.05, 4.69) is 18.8 Å². The molecule has 0 aliphatic rings. The fourth-order valence-electron chi connectivity index (χ4n) is 1.57. The molecule has 0 radical (unpaired) electrons. The van der Waals surface area contributed by atoms with Crippen molar-refractivity contribution in [3.8, 4) is 5.88 Å². The smallest absolute Gasteiger partial charge is 0.224 e. The summed E-state index contributed by atoms with van der Waals surface area (Å²) in [7, 11) is 1.53. The second-order valence-corrected chi connectivity index (χ2v) is 4.27. The Hall–Kier alpha value is -1.38. The lowest BCUT2D eigenvalue weighted by Crippen LogP contribution is -2.04. The van der Waals surface area contributed by atoms with E-state index in [1.54, 1.807) is 18.3 Å². The Morgan fingerprint density at radius 3 is 2.88 bits per heavy atom. The van der Waals surface area contributed by atoms with Crippen LogP contribution in [0.4, 0.5) is 0 Å². The van der Waals surface area contributed by atoms with Crippen molar-refractivity contribution < 1.29 is 9.53 Å². The van der Waals surface area contributed by atoms with Crippen molar-refractivity contribution in [3.63, 3.8) is 0 Å². The van der Waals surface area contributed by atoms with Gasteiger partial charge in [0.1, 0.15) is 0 Å². The summed E-state index contributed by atoms with van der Waals surface area (Å²) in [5.74, 6) is 1.19. The molecule has 0 saturated heterocycles. The van der Waals surface area contributed by atoms with Gasteiger partial charge >= 0.3 is 0 Å². The van der Waals surface area contributed by atoms with Crippen molar-refractivity contribution >= 4 is 5.78 Å². The summed E-state index contributed by atoms with van der Waals surface area (Å²) in [4.78, 5) is 15.9. The third-order valence-corrected chi connectivity index (χ3v) is 2.45. The van der Waals surface area contributed by atoms with Crippen LogP contribution in [0.25, 0.3) is 0 Å². The van der Waals surface area contributed by atoms with Crippen molar-refractivity contribution in [2.24, 2.45) is 5.92 Å². The van der Waals surface area contributed by atoms with Crippen LogP contribution in [0.1, 0.15) is 43.5 Å². The number of ether oxygens (including phenoxy) is 1. The molecule has 88 valence electrons. The lowest BCUT2D eigenvalue weighted by Gasteiger charge is -2.06. The molecule has 1 aromatic heterocycles. The molecule has 0 bridgehead atoms. The molecular formula is C13H19NO2. The number of methoxy groups -OCH3 is 1. The molecule has 1 aromatic rings. The number of carbonyl (C=O) groups is 1. The summed E-state index contributed by atoms with van der Waals surface area (Å²) in [6.07, 6.45) is 4.20. The molecule has 0 aliphatic heterocycles. The molecule has 0 N–H and O–H groups in total. The van der Waals surface area contributed by atoms with Crippen LogP contribution in [0.2, 0.25) is 0 Å². The van der Waals surface area contributed by atoms with Gasteiger partial charge in [0, 0.05) is 12.6 Å². The molecule has 1 rings (SSSR count). The molecule has 16 heavy (non-hydrogen) atoms. The fourth-order valence-corrected chi connectivity index (χ4v) is 1.57. The SMILES string of the molecule is COc1ncccc1C(=O)CCCC(C)C. The number of hydrogen-bond acceptors (Lipinski definition) is 3. The number of Topliss-reactive ketones (excluding diaryl/α,β-unsaturated/α-hetero) is 1. The maximum absolute atomic E-state index is 11.9. The number of nitrogens with zero attached hydrogens (tertiary/aromatic N) is 1. The summed E-state index contributed by atoms with van der Waals surface area (Å²) in [6, 6.07) is 3.53. The van der Waals surface area contributed by atoms with Gasteiger partial charge in [0.05, 0.1) is 12.7 Å². The first-order chi connectivity index (χ1) is 7.65. The van der Waals surface area contributed by atoms with E-state index in [0.717, 1.165) is 12.8 Å². The first-order valence-corrected chi connectivity index (χ1v) is 5.67. The molecule has 0 saturated carbocycles. The predicted octanol–water partition coefficient (Wildman–Crippen LogP) is 3.10. The van der Waals surface area contributed by atoms with Crippen LogP contribution >= 0.6 is 0 Å². The molecule has 0 unspecified atom stereocenters. The van der Waals surface area contributed by atoms with Crippen LogP contribution < -0.4 is 4.74 Å². The van der Waals surface area contributed by atoms with Crippen LogP contribution in [0, 0.1) is 5.92 Å². The lowest BCUT2D eigenvalue weighted by atomic mass is 10.0. The lowest BCUT2D eigenvalue weighted by molar-refractivity contribution is 0.0974. The van der Waals surface area contributed by atoms with Crippen LogP contribution in [0.15, 0.2) is 18.3 Å². The normalized spacial score (nSPS) is 10.5. The maximum atomic E-state index is 11.9. The minimum Gasteiger partial charge on any atom is -0.480 e. The van der Waals surface area contributed by atoms with Crippen LogP contribution in [-0.4, -0.2) is 17.9 Å². The minimum atomic E-state index is 0.116. The monoisotopic (exact) mass is 221 g/mol. The van der Waals surface area contributed by atoms with Crippen LogP contribution in [0.5, 0.6) is 5.88 Å². The molecular weight excluding hydrogens is 202 g/mol. The zero-order valence-corrected chi connectivity index (χ0v) is 10.2. The van der Waals surface area contributed by atoms with Gasteiger partial charge in [0.2, 0.25) is 5.88 Å².